The first-order chi connectivity index (χ1) is 6.36. The van der Waals surface area contributed by atoms with Crippen molar-refractivity contribution in [3.63, 3.8) is 0 Å². The van der Waals surface area contributed by atoms with E-state index in [1.54, 1.807) is 13.0 Å². The van der Waals surface area contributed by atoms with Crippen molar-refractivity contribution in [1.29, 1.82) is 0 Å². The highest BCUT2D eigenvalue weighted by molar-refractivity contribution is 5.32. The molecule has 0 aromatic carbocycles. The summed E-state index contributed by atoms with van der Waals surface area (Å²) in [5.41, 5.74) is 2.21. The Morgan fingerprint density at radius 3 is 2.36 bits per heavy atom. The summed E-state index contributed by atoms with van der Waals surface area (Å²) in [6.07, 6.45) is 0.542. The Morgan fingerprint density at radius 2 is 1.93 bits per heavy atom. The number of nitrogens with zero attached hydrogens (tertiary/aromatic N) is 1. The van der Waals surface area contributed by atoms with Gasteiger partial charge in [0.05, 0.1) is 0 Å². The van der Waals surface area contributed by atoms with Crippen molar-refractivity contribution in [3.8, 4) is 0 Å². The third kappa shape index (κ3) is 2.08. The molecule has 0 saturated carbocycles. The Morgan fingerprint density at radius 1 is 1.36 bits per heavy atom. The van der Waals surface area contributed by atoms with Crippen LogP contribution in [0.1, 0.15) is 36.4 Å². The lowest BCUT2D eigenvalue weighted by atomic mass is 10.0. The van der Waals surface area contributed by atoms with E-state index >= 15 is 0 Å². The van der Waals surface area contributed by atoms with Crippen LogP contribution >= 0.6 is 0 Å². The molecule has 1 heterocycles. The predicted molar refractivity (Wildman–Crippen MR) is 52.7 cm³/mol. The fourth-order valence-corrected chi connectivity index (χ4v) is 1.40. The van der Waals surface area contributed by atoms with Gasteiger partial charge in [-0.15, -0.1) is 0 Å². The van der Waals surface area contributed by atoms with E-state index in [-0.39, 0.29) is 5.56 Å². The maximum Gasteiger partial charge on any atom is 0.272 e. The zero-order valence-electron chi connectivity index (χ0n) is 8.99. The summed E-state index contributed by atoms with van der Waals surface area (Å²) >= 11 is 0. The van der Waals surface area contributed by atoms with E-state index in [0.717, 1.165) is 18.2 Å². The van der Waals surface area contributed by atoms with Gasteiger partial charge in [0.15, 0.2) is 0 Å². The molecule has 0 aliphatic heterocycles. The zero-order chi connectivity index (χ0) is 10.9. The average molecular weight is 199 g/mol. The van der Waals surface area contributed by atoms with Crippen molar-refractivity contribution < 1.29 is 8.78 Å². The summed E-state index contributed by atoms with van der Waals surface area (Å²) in [4.78, 5) is 4.18. The number of pyridine rings is 1. The average Bonchev–Trinajstić information content (AvgIpc) is 2.07. The molecule has 0 saturated heterocycles. The lowest BCUT2D eigenvalue weighted by molar-refractivity contribution is 0.0160. The molecule has 0 atom stereocenters. The van der Waals surface area contributed by atoms with Crippen molar-refractivity contribution in [2.24, 2.45) is 0 Å². The van der Waals surface area contributed by atoms with E-state index in [9.17, 15) is 8.78 Å². The van der Waals surface area contributed by atoms with Gasteiger partial charge in [0, 0.05) is 23.9 Å². The minimum atomic E-state index is -2.79. The molecule has 0 unspecified atom stereocenters. The number of aromatic nitrogens is 1. The number of aryl methyl sites for hydroxylation is 3. The zero-order valence-corrected chi connectivity index (χ0v) is 8.99. The molecule has 0 aliphatic rings. The molecular weight excluding hydrogens is 184 g/mol. The predicted octanol–water partition coefficient (Wildman–Crippen LogP) is 3.37. The van der Waals surface area contributed by atoms with Crippen LogP contribution in [0.4, 0.5) is 8.78 Å². The summed E-state index contributed by atoms with van der Waals surface area (Å²) in [5, 5.41) is 0. The lowest BCUT2D eigenvalue weighted by Crippen LogP contribution is -2.13. The van der Waals surface area contributed by atoms with Gasteiger partial charge in [-0.05, 0) is 31.9 Å². The first kappa shape index (κ1) is 11.1. The number of halogens is 2. The van der Waals surface area contributed by atoms with Gasteiger partial charge in [-0.25, -0.2) is 8.78 Å². The maximum atomic E-state index is 13.2. The highest BCUT2D eigenvalue weighted by Crippen LogP contribution is 2.30. The second-order valence-corrected chi connectivity index (χ2v) is 3.63. The monoisotopic (exact) mass is 199 g/mol. The highest BCUT2D eigenvalue weighted by atomic mass is 19.3. The summed E-state index contributed by atoms with van der Waals surface area (Å²) in [6.45, 7) is 6.40. The highest BCUT2D eigenvalue weighted by Gasteiger charge is 2.28. The Bertz CT molecular complexity index is 340. The molecule has 3 heteroatoms. The van der Waals surface area contributed by atoms with Crippen LogP contribution in [0.3, 0.4) is 0 Å². The summed E-state index contributed by atoms with van der Waals surface area (Å²) in [6, 6.07) is 1.54. The molecule has 0 N–H and O–H groups in total. The maximum absolute atomic E-state index is 13.2. The van der Waals surface area contributed by atoms with E-state index in [1.165, 1.54) is 0 Å². The van der Waals surface area contributed by atoms with Gasteiger partial charge >= 0.3 is 0 Å². The van der Waals surface area contributed by atoms with Crippen LogP contribution in [0.15, 0.2) is 6.07 Å². The molecule has 1 aromatic rings. The molecule has 0 bridgehead atoms. The van der Waals surface area contributed by atoms with E-state index < -0.39 is 5.92 Å². The first-order valence-corrected chi connectivity index (χ1v) is 4.71. The standard InChI is InChI=1S/C11H15F2N/c1-5-10-9(11(4,12)13)6-7(2)8(3)14-10/h6H,5H2,1-4H3. The number of alkyl halides is 2. The van der Waals surface area contributed by atoms with Crippen molar-refractivity contribution in [1.82, 2.24) is 4.98 Å². The van der Waals surface area contributed by atoms with Crippen LogP contribution in [0.2, 0.25) is 0 Å². The largest absolute Gasteiger partial charge is 0.272 e. The minimum absolute atomic E-state index is 0.0584. The molecule has 0 radical (unpaired) electrons. The third-order valence-corrected chi connectivity index (χ3v) is 2.35. The normalized spacial score (nSPS) is 11.9. The molecule has 0 amide bonds. The molecule has 0 aliphatic carbocycles. The second-order valence-electron chi connectivity index (χ2n) is 3.63. The molecular formula is C11H15F2N. The van der Waals surface area contributed by atoms with Crippen molar-refractivity contribution in [2.75, 3.05) is 0 Å². The van der Waals surface area contributed by atoms with Crippen LogP contribution < -0.4 is 0 Å². The van der Waals surface area contributed by atoms with Crippen LogP contribution in [0.5, 0.6) is 0 Å². The van der Waals surface area contributed by atoms with Crippen molar-refractivity contribution >= 4 is 0 Å². The van der Waals surface area contributed by atoms with Gasteiger partial charge in [-0.3, -0.25) is 4.98 Å². The van der Waals surface area contributed by atoms with Gasteiger partial charge in [-0.1, -0.05) is 6.92 Å². The Labute approximate surface area is 83.2 Å². The quantitative estimate of drug-likeness (QED) is 0.711. The van der Waals surface area contributed by atoms with Gasteiger partial charge in [-0.2, -0.15) is 0 Å². The molecule has 0 fully saturated rings. The Kier molecular flexibility index (Phi) is 2.88. The molecule has 78 valence electrons. The van der Waals surface area contributed by atoms with Crippen molar-refractivity contribution in [2.45, 2.75) is 40.0 Å². The van der Waals surface area contributed by atoms with Gasteiger partial charge in [0.1, 0.15) is 0 Å². The number of hydrogen-bond donors (Lipinski definition) is 0. The summed E-state index contributed by atoms with van der Waals surface area (Å²) < 4.78 is 26.3. The Balaban J connectivity index is 3.35. The first-order valence-electron chi connectivity index (χ1n) is 4.71. The molecule has 1 nitrogen and oxygen atoms in total. The minimum Gasteiger partial charge on any atom is -0.257 e. The molecule has 1 rings (SSSR count). The van der Waals surface area contributed by atoms with Crippen LogP contribution in [0, 0.1) is 13.8 Å². The van der Waals surface area contributed by atoms with Gasteiger partial charge in [0.25, 0.3) is 5.92 Å². The Hall–Kier alpha value is -0.990. The van der Waals surface area contributed by atoms with Crippen LogP contribution in [-0.4, -0.2) is 4.98 Å². The number of hydrogen-bond acceptors (Lipinski definition) is 1. The van der Waals surface area contributed by atoms with E-state index in [1.807, 2.05) is 13.8 Å². The molecule has 14 heavy (non-hydrogen) atoms. The summed E-state index contributed by atoms with van der Waals surface area (Å²) in [7, 11) is 0. The molecule has 0 spiro atoms. The van der Waals surface area contributed by atoms with Crippen LogP contribution in [-0.2, 0) is 12.3 Å². The fourth-order valence-electron chi connectivity index (χ4n) is 1.40. The van der Waals surface area contributed by atoms with E-state index in [4.69, 9.17) is 0 Å². The van der Waals surface area contributed by atoms with Gasteiger partial charge in [0.2, 0.25) is 0 Å². The lowest BCUT2D eigenvalue weighted by Gasteiger charge is -2.16. The second kappa shape index (κ2) is 3.64. The third-order valence-electron chi connectivity index (χ3n) is 2.35. The smallest absolute Gasteiger partial charge is 0.257 e. The van der Waals surface area contributed by atoms with E-state index in [0.29, 0.717) is 12.1 Å². The summed E-state index contributed by atoms with van der Waals surface area (Å²) in [5.74, 6) is -2.79. The fraction of sp³-hybridized carbons (Fsp3) is 0.545. The molecule has 1 aromatic heterocycles. The SMILES string of the molecule is CCc1nc(C)c(C)cc1C(C)(F)F. The van der Waals surface area contributed by atoms with E-state index in [2.05, 4.69) is 4.98 Å². The number of rotatable bonds is 2. The van der Waals surface area contributed by atoms with Crippen molar-refractivity contribution in [3.05, 3.63) is 28.6 Å². The van der Waals surface area contributed by atoms with Gasteiger partial charge < -0.3 is 0 Å². The topological polar surface area (TPSA) is 12.9 Å². The van der Waals surface area contributed by atoms with Crippen LogP contribution in [0.25, 0.3) is 0 Å².